The van der Waals surface area contributed by atoms with Gasteiger partial charge in [-0.05, 0) is 26.5 Å². The molecule has 1 aliphatic rings. The van der Waals surface area contributed by atoms with E-state index < -0.39 is 0 Å². The molecule has 0 bridgehead atoms. The summed E-state index contributed by atoms with van der Waals surface area (Å²) >= 11 is 0. The van der Waals surface area contributed by atoms with Gasteiger partial charge in [0, 0.05) is 25.2 Å². The Labute approximate surface area is 136 Å². The monoisotopic (exact) mass is 313 g/mol. The molecule has 5 heteroatoms. The number of amides is 1. The summed E-state index contributed by atoms with van der Waals surface area (Å²) in [4.78, 5) is 17.0. The van der Waals surface area contributed by atoms with Crippen LogP contribution < -0.4 is 0 Å². The molecule has 0 spiro atoms. The second-order valence-electron chi connectivity index (χ2n) is 6.23. The number of hydrogen-bond donors (Lipinski definition) is 0. The predicted molar refractivity (Wildman–Crippen MR) is 88.1 cm³/mol. The Morgan fingerprint density at radius 2 is 2.00 bits per heavy atom. The van der Waals surface area contributed by atoms with Gasteiger partial charge >= 0.3 is 0 Å². The molecule has 0 saturated carbocycles. The van der Waals surface area contributed by atoms with Crippen LogP contribution in [0.4, 0.5) is 0 Å². The van der Waals surface area contributed by atoms with Crippen molar-refractivity contribution in [1.29, 1.82) is 0 Å². The zero-order chi connectivity index (χ0) is 16.4. The molecule has 3 rings (SSSR count). The zero-order valence-corrected chi connectivity index (χ0v) is 14.0. The molecule has 1 aromatic heterocycles. The Hall–Kier alpha value is -2.14. The van der Waals surface area contributed by atoms with Crippen LogP contribution in [0, 0.1) is 13.8 Å². The number of carbonyl (C=O) groups excluding carboxylic acids is 1. The largest absolute Gasteiger partial charge is 0.361 e. The lowest BCUT2D eigenvalue weighted by Crippen LogP contribution is -2.49. The van der Waals surface area contributed by atoms with E-state index in [2.05, 4.69) is 29.2 Å². The average molecular weight is 313 g/mol. The van der Waals surface area contributed by atoms with Crippen LogP contribution in [0.5, 0.6) is 0 Å². The van der Waals surface area contributed by atoms with Crippen LogP contribution in [0.25, 0.3) is 0 Å². The minimum absolute atomic E-state index is 0.147. The number of nitrogens with zero attached hydrogens (tertiary/aromatic N) is 3. The van der Waals surface area contributed by atoms with Gasteiger partial charge in [0.1, 0.15) is 5.76 Å². The van der Waals surface area contributed by atoms with Crippen molar-refractivity contribution in [1.82, 2.24) is 15.0 Å². The van der Waals surface area contributed by atoms with Crippen LogP contribution in [0.3, 0.4) is 0 Å². The van der Waals surface area contributed by atoms with Gasteiger partial charge in [-0.15, -0.1) is 0 Å². The first-order valence-corrected chi connectivity index (χ1v) is 8.01. The van der Waals surface area contributed by atoms with Crippen LogP contribution in [-0.2, 0) is 11.2 Å². The molecule has 1 aromatic carbocycles. The van der Waals surface area contributed by atoms with Crippen molar-refractivity contribution in [2.24, 2.45) is 0 Å². The van der Waals surface area contributed by atoms with E-state index in [0.29, 0.717) is 6.42 Å². The minimum Gasteiger partial charge on any atom is -0.361 e. The van der Waals surface area contributed by atoms with Gasteiger partial charge in [-0.2, -0.15) is 0 Å². The minimum atomic E-state index is 0.147. The normalized spacial score (nSPS) is 19.1. The van der Waals surface area contributed by atoms with E-state index in [9.17, 15) is 4.79 Å². The van der Waals surface area contributed by atoms with Crippen LogP contribution in [0.15, 0.2) is 34.9 Å². The van der Waals surface area contributed by atoms with Crippen molar-refractivity contribution in [3.05, 3.63) is 52.9 Å². The Balaban J connectivity index is 1.72. The van der Waals surface area contributed by atoms with E-state index >= 15 is 0 Å². The first kappa shape index (κ1) is 15.7. The summed E-state index contributed by atoms with van der Waals surface area (Å²) in [7, 11) is 2.12. The van der Waals surface area contributed by atoms with Gasteiger partial charge in [0.25, 0.3) is 0 Å². The molecule has 1 amide bonds. The van der Waals surface area contributed by atoms with Crippen molar-refractivity contribution in [2.75, 3.05) is 26.7 Å². The lowest BCUT2D eigenvalue weighted by atomic mass is 10.0. The summed E-state index contributed by atoms with van der Waals surface area (Å²) in [5.74, 6) is 0.887. The van der Waals surface area contributed by atoms with Crippen LogP contribution >= 0.6 is 0 Å². The van der Waals surface area contributed by atoms with Crippen molar-refractivity contribution in [2.45, 2.75) is 26.3 Å². The Morgan fingerprint density at radius 1 is 1.26 bits per heavy atom. The zero-order valence-electron chi connectivity index (χ0n) is 14.0. The third-order valence-electron chi connectivity index (χ3n) is 4.69. The molecular weight excluding hydrogens is 290 g/mol. The first-order valence-electron chi connectivity index (χ1n) is 8.01. The van der Waals surface area contributed by atoms with Gasteiger partial charge in [-0.1, -0.05) is 35.5 Å². The third kappa shape index (κ3) is 3.29. The molecule has 5 nitrogen and oxygen atoms in total. The molecule has 1 atom stereocenters. The summed E-state index contributed by atoms with van der Waals surface area (Å²) in [5.41, 5.74) is 2.99. The standard InChI is InChI=1S/C18H23N3O2/c1-13-16(14(2)23-19-13)11-18(22)21-10-9-20(3)17(12-21)15-7-5-4-6-8-15/h4-8,17H,9-12H2,1-3H3. The number of piperazine rings is 1. The number of rotatable bonds is 3. The van der Waals surface area contributed by atoms with Crippen LogP contribution in [-0.4, -0.2) is 47.5 Å². The summed E-state index contributed by atoms with van der Waals surface area (Å²) < 4.78 is 5.16. The lowest BCUT2D eigenvalue weighted by molar-refractivity contribution is -0.133. The topological polar surface area (TPSA) is 49.6 Å². The number of aromatic nitrogens is 1. The molecule has 0 aliphatic carbocycles. The number of aryl methyl sites for hydroxylation is 2. The van der Waals surface area contributed by atoms with E-state index in [4.69, 9.17) is 4.52 Å². The second-order valence-corrected chi connectivity index (χ2v) is 6.23. The first-order chi connectivity index (χ1) is 11.1. The maximum atomic E-state index is 12.7. The SMILES string of the molecule is Cc1noc(C)c1CC(=O)N1CCN(C)C(c2ccccc2)C1. The number of likely N-dealkylation sites (N-methyl/N-ethyl adjacent to an activating group) is 1. The Bertz CT molecular complexity index is 661. The number of carbonyl (C=O) groups is 1. The lowest BCUT2D eigenvalue weighted by Gasteiger charge is -2.39. The highest BCUT2D eigenvalue weighted by molar-refractivity contribution is 5.79. The summed E-state index contributed by atoms with van der Waals surface area (Å²) in [6.45, 7) is 6.12. The average Bonchev–Trinajstić information content (AvgIpc) is 2.88. The van der Waals surface area contributed by atoms with Crippen molar-refractivity contribution < 1.29 is 9.32 Å². The molecule has 1 unspecified atom stereocenters. The highest BCUT2D eigenvalue weighted by Crippen LogP contribution is 2.24. The quantitative estimate of drug-likeness (QED) is 0.873. The van der Waals surface area contributed by atoms with Crippen LogP contribution in [0.2, 0.25) is 0 Å². The molecule has 2 heterocycles. The smallest absolute Gasteiger partial charge is 0.227 e. The van der Waals surface area contributed by atoms with Gasteiger partial charge in [0.15, 0.2) is 0 Å². The predicted octanol–water partition coefficient (Wildman–Crippen LogP) is 2.35. The van der Waals surface area contributed by atoms with Crippen molar-refractivity contribution in [3.8, 4) is 0 Å². The molecule has 23 heavy (non-hydrogen) atoms. The highest BCUT2D eigenvalue weighted by atomic mass is 16.5. The van der Waals surface area contributed by atoms with E-state index in [1.54, 1.807) is 0 Å². The van der Waals surface area contributed by atoms with E-state index in [-0.39, 0.29) is 11.9 Å². The fourth-order valence-corrected chi connectivity index (χ4v) is 3.15. The maximum Gasteiger partial charge on any atom is 0.227 e. The van der Waals surface area contributed by atoms with E-state index in [1.807, 2.05) is 36.9 Å². The summed E-state index contributed by atoms with van der Waals surface area (Å²) in [6, 6.07) is 10.6. The van der Waals surface area contributed by atoms with Gasteiger partial charge in [0.2, 0.25) is 5.91 Å². The second kappa shape index (κ2) is 6.54. The molecule has 0 radical (unpaired) electrons. The molecule has 1 fully saturated rings. The molecule has 122 valence electrons. The van der Waals surface area contributed by atoms with Crippen molar-refractivity contribution in [3.63, 3.8) is 0 Å². The third-order valence-corrected chi connectivity index (χ3v) is 4.69. The van der Waals surface area contributed by atoms with E-state index in [0.717, 1.165) is 36.7 Å². The van der Waals surface area contributed by atoms with Gasteiger partial charge < -0.3 is 9.42 Å². The summed E-state index contributed by atoms with van der Waals surface area (Å²) in [6.07, 6.45) is 0.367. The molecular formula is C18H23N3O2. The van der Waals surface area contributed by atoms with Gasteiger partial charge in [-0.25, -0.2) is 0 Å². The van der Waals surface area contributed by atoms with E-state index in [1.165, 1.54) is 5.56 Å². The molecule has 1 saturated heterocycles. The van der Waals surface area contributed by atoms with Gasteiger partial charge in [-0.3, -0.25) is 9.69 Å². The number of hydrogen-bond acceptors (Lipinski definition) is 4. The number of benzene rings is 1. The van der Waals surface area contributed by atoms with Crippen LogP contribution in [0.1, 0.15) is 28.6 Å². The molecule has 2 aromatic rings. The maximum absolute atomic E-state index is 12.7. The van der Waals surface area contributed by atoms with Gasteiger partial charge in [0.05, 0.1) is 18.2 Å². The summed E-state index contributed by atoms with van der Waals surface area (Å²) in [5, 5.41) is 3.93. The Morgan fingerprint density at radius 3 is 2.65 bits per heavy atom. The fourth-order valence-electron chi connectivity index (χ4n) is 3.15. The Kier molecular flexibility index (Phi) is 4.48. The molecule has 1 aliphatic heterocycles. The fraction of sp³-hybridized carbons (Fsp3) is 0.444. The highest BCUT2D eigenvalue weighted by Gasteiger charge is 2.29. The molecule has 0 N–H and O–H groups in total. The van der Waals surface area contributed by atoms with Crippen molar-refractivity contribution >= 4 is 5.91 Å².